The molecule has 1 unspecified atom stereocenters. The molecule has 2 aliphatic rings. The van der Waals surface area contributed by atoms with E-state index in [0.29, 0.717) is 6.10 Å². The summed E-state index contributed by atoms with van der Waals surface area (Å²) >= 11 is 0. The zero-order valence-corrected chi connectivity index (χ0v) is 7.53. The molecule has 1 atom stereocenters. The van der Waals surface area contributed by atoms with Crippen LogP contribution in [-0.2, 0) is 4.74 Å². The molecule has 66 valence electrons. The van der Waals surface area contributed by atoms with Gasteiger partial charge in [0.05, 0.1) is 6.10 Å². The first-order valence-corrected chi connectivity index (χ1v) is 4.27. The molecule has 0 spiro atoms. The maximum Gasteiger partial charge on any atom is 0.0711 e. The van der Waals surface area contributed by atoms with E-state index in [1.54, 1.807) is 0 Å². The molecule has 0 aromatic heterocycles. The first-order valence-electron chi connectivity index (χ1n) is 4.27. The molecule has 2 rings (SSSR count). The summed E-state index contributed by atoms with van der Waals surface area (Å²) in [5.74, 6) is 0.917. The van der Waals surface area contributed by atoms with E-state index < -0.39 is 0 Å². The normalized spacial score (nSPS) is 30.0. The summed E-state index contributed by atoms with van der Waals surface area (Å²) in [6, 6.07) is 0. The molecule has 0 radical (unpaired) electrons. The monoisotopic (exact) mass is 177 g/mol. The highest BCUT2D eigenvalue weighted by Crippen LogP contribution is 2.29. The van der Waals surface area contributed by atoms with Gasteiger partial charge in [-0.2, -0.15) is 0 Å². The molecule has 1 N–H and O–H groups in total. The fourth-order valence-electron chi connectivity index (χ4n) is 1.33. The van der Waals surface area contributed by atoms with Crippen molar-refractivity contribution in [2.45, 2.75) is 25.4 Å². The zero-order valence-electron chi connectivity index (χ0n) is 6.71. The van der Waals surface area contributed by atoms with Crippen LogP contribution in [0, 0.1) is 5.92 Å². The van der Waals surface area contributed by atoms with Gasteiger partial charge in [-0.3, -0.25) is 0 Å². The van der Waals surface area contributed by atoms with Crippen LogP contribution in [0.25, 0.3) is 0 Å². The van der Waals surface area contributed by atoms with Crippen LogP contribution < -0.4 is 5.32 Å². The number of halogens is 1. The maximum atomic E-state index is 5.66. The van der Waals surface area contributed by atoms with Crippen LogP contribution in [-0.4, -0.2) is 25.8 Å². The van der Waals surface area contributed by atoms with E-state index in [-0.39, 0.29) is 12.4 Å². The third kappa shape index (κ3) is 2.97. The van der Waals surface area contributed by atoms with E-state index in [4.69, 9.17) is 4.74 Å². The third-order valence-electron chi connectivity index (χ3n) is 2.28. The summed E-state index contributed by atoms with van der Waals surface area (Å²) in [6.07, 6.45) is 4.55. The van der Waals surface area contributed by atoms with Crippen LogP contribution in [0.5, 0.6) is 0 Å². The molecular weight excluding hydrogens is 162 g/mol. The molecule has 0 aromatic rings. The second-order valence-electron chi connectivity index (χ2n) is 3.39. The first kappa shape index (κ1) is 9.30. The number of hydrogen-bond donors (Lipinski definition) is 1. The van der Waals surface area contributed by atoms with Crippen molar-refractivity contribution in [3.8, 4) is 0 Å². The van der Waals surface area contributed by atoms with Gasteiger partial charge in [0, 0.05) is 13.2 Å². The molecule has 1 saturated heterocycles. The van der Waals surface area contributed by atoms with Gasteiger partial charge in [0.1, 0.15) is 0 Å². The lowest BCUT2D eigenvalue weighted by atomic mass is 10.3. The second-order valence-corrected chi connectivity index (χ2v) is 3.39. The van der Waals surface area contributed by atoms with E-state index in [9.17, 15) is 0 Å². The fourth-order valence-corrected chi connectivity index (χ4v) is 1.33. The van der Waals surface area contributed by atoms with Crippen LogP contribution >= 0.6 is 12.4 Å². The van der Waals surface area contributed by atoms with Crippen molar-refractivity contribution in [2.75, 3.05) is 19.7 Å². The Balaban J connectivity index is 0.000000605. The lowest BCUT2D eigenvalue weighted by molar-refractivity contribution is 0.0594. The van der Waals surface area contributed by atoms with Crippen molar-refractivity contribution in [1.29, 1.82) is 0 Å². The van der Waals surface area contributed by atoms with Gasteiger partial charge < -0.3 is 10.1 Å². The second kappa shape index (κ2) is 4.29. The molecule has 0 amide bonds. The van der Waals surface area contributed by atoms with Gasteiger partial charge in [0.25, 0.3) is 0 Å². The Morgan fingerprint density at radius 1 is 1.27 bits per heavy atom. The van der Waals surface area contributed by atoms with Crippen molar-refractivity contribution in [2.24, 2.45) is 5.92 Å². The Morgan fingerprint density at radius 3 is 2.64 bits per heavy atom. The van der Waals surface area contributed by atoms with Crippen molar-refractivity contribution in [1.82, 2.24) is 5.32 Å². The maximum absolute atomic E-state index is 5.66. The van der Waals surface area contributed by atoms with E-state index in [2.05, 4.69) is 5.32 Å². The van der Waals surface area contributed by atoms with E-state index in [0.717, 1.165) is 25.6 Å². The molecule has 2 fully saturated rings. The molecule has 1 heterocycles. The minimum absolute atomic E-state index is 0. The van der Waals surface area contributed by atoms with Gasteiger partial charge >= 0.3 is 0 Å². The van der Waals surface area contributed by atoms with E-state index in [1.165, 1.54) is 19.3 Å². The largest absolute Gasteiger partial charge is 0.377 e. The predicted octanol–water partition coefficient (Wildman–Crippen LogP) is 1.20. The number of nitrogens with one attached hydrogen (secondary N) is 1. The summed E-state index contributed by atoms with van der Waals surface area (Å²) in [6.45, 7) is 3.24. The van der Waals surface area contributed by atoms with Crippen LogP contribution in [0.2, 0.25) is 0 Å². The van der Waals surface area contributed by atoms with E-state index >= 15 is 0 Å². The van der Waals surface area contributed by atoms with Gasteiger partial charge in [-0.15, -0.1) is 12.4 Å². The molecule has 2 nitrogen and oxygen atoms in total. The Hall–Kier alpha value is 0.210. The molecule has 1 saturated carbocycles. The highest BCUT2D eigenvalue weighted by atomic mass is 35.5. The van der Waals surface area contributed by atoms with Crippen LogP contribution in [0.3, 0.4) is 0 Å². The van der Waals surface area contributed by atoms with Gasteiger partial charge in [-0.25, -0.2) is 0 Å². The molecule has 0 bridgehead atoms. The minimum Gasteiger partial charge on any atom is -0.377 e. The van der Waals surface area contributed by atoms with Gasteiger partial charge in [0.15, 0.2) is 0 Å². The molecule has 1 aliphatic heterocycles. The van der Waals surface area contributed by atoms with E-state index in [1.807, 2.05) is 0 Å². The first-order chi connectivity index (χ1) is 4.95. The smallest absolute Gasteiger partial charge is 0.0711 e. The fraction of sp³-hybridized carbons (Fsp3) is 1.00. The van der Waals surface area contributed by atoms with Gasteiger partial charge in [0.2, 0.25) is 0 Å². The lowest BCUT2D eigenvalue weighted by Gasteiger charge is -2.08. The van der Waals surface area contributed by atoms with Crippen LogP contribution in [0.1, 0.15) is 19.3 Å². The van der Waals surface area contributed by atoms with Crippen LogP contribution in [0.4, 0.5) is 0 Å². The quantitative estimate of drug-likeness (QED) is 0.700. The summed E-state index contributed by atoms with van der Waals surface area (Å²) in [5.41, 5.74) is 0. The van der Waals surface area contributed by atoms with Crippen molar-refractivity contribution >= 4 is 12.4 Å². The molecular formula is C8H16ClNO. The lowest BCUT2D eigenvalue weighted by Crippen LogP contribution is -2.17. The Kier molecular flexibility index (Phi) is 3.63. The number of ether oxygens (including phenoxy) is 1. The highest BCUT2D eigenvalue weighted by Gasteiger charge is 2.24. The van der Waals surface area contributed by atoms with Gasteiger partial charge in [-0.05, 0) is 31.7 Å². The van der Waals surface area contributed by atoms with Crippen LogP contribution in [0.15, 0.2) is 0 Å². The molecule has 1 aliphatic carbocycles. The Labute approximate surface area is 74.1 Å². The summed E-state index contributed by atoms with van der Waals surface area (Å²) in [5, 5.41) is 3.29. The van der Waals surface area contributed by atoms with Crippen molar-refractivity contribution in [3.63, 3.8) is 0 Å². The SMILES string of the molecule is C1CC(OCC2CC2)CN1.Cl. The average Bonchev–Trinajstić information content (AvgIpc) is 2.63. The standard InChI is InChI=1S/C8H15NO.ClH/c1-2-7(1)6-10-8-3-4-9-5-8;/h7-9H,1-6H2;1H. The summed E-state index contributed by atoms with van der Waals surface area (Å²) in [4.78, 5) is 0. The zero-order chi connectivity index (χ0) is 6.81. The average molecular weight is 178 g/mol. The molecule has 3 heteroatoms. The highest BCUT2D eigenvalue weighted by molar-refractivity contribution is 5.85. The number of hydrogen-bond acceptors (Lipinski definition) is 2. The summed E-state index contributed by atoms with van der Waals surface area (Å²) in [7, 11) is 0. The van der Waals surface area contributed by atoms with Crippen molar-refractivity contribution in [3.05, 3.63) is 0 Å². The molecule has 0 aromatic carbocycles. The topological polar surface area (TPSA) is 21.3 Å². The van der Waals surface area contributed by atoms with Gasteiger partial charge in [-0.1, -0.05) is 0 Å². The minimum atomic E-state index is 0. The Morgan fingerprint density at radius 2 is 2.09 bits per heavy atom. The number of rotatable bonds is 3. The van der Waals surface area contributed by atoms with Crippen molar-refractivity contribution < 1.29 is 4.74 Å². The predicted molar refractivity (Wildman–Crippen MR) is 47.2 cm³/mol. The third-order valence-corrected chi connectivity index (χ3v) is 2.28. The summed E-state index contributed by atoms with van der Waals surface area (Å²) < 4.78 is 5.66. The molecule has 11 heavy (non-hydrogen) atoms. The Bertz CT molecular complexity index is 111.